The van der Waals surface area contributed by atoms with Gasteiger partial charge in [0, 0.05) is 12.4 Å². The van der Waals surface area contributed by atoms with Crippen molar-refractivity contribution in [3.8, 4) is 0 Å². The molecule has 6 heteroatoms. The lowest BCUT2D eigenvalue weighted by Crippen LogP contribution is -2.25. The number of nitrogens with zero attached hydrogens (tertiary/aromatic N) is 3. The molecule has 2 aromatic heterocycles. The van der Waals surface area contributed by atoms with Crippen LogP contribution in [0.25, 0.3) is 11.0 Å². The van der Waals surface area contributed by atoms with Crippen LogP contribution in [0.2, 0.25) is 0 Å². The van der Waals surface area contributed by atoms with Crippen molar-refractivity contribution in [3.63, 3.8) is 0 Å². The molecule has 1 amide bonds. The third kappa shape index (κ3) is 2.42. The molecule has 0 N–H and O–H groups in total. The molecule has 3 aromatic rings. The summed E-state index contributed by atoms with van der Waals surface area (Å²) in [6.45, 7) is 2.24. The molecule has 20 heavy (non-hydrogen) atoms. The van der Waals surface area contributed by atoms with Crippen LogP contribution in [-0.4, -0.2) is 28.1 Å². The van der Waals surface area contributed by atoms with E-state index < -0.39 is 0 Å². The van der Waals surface area contributed by atoms with Crippen LogP contribution >= 0.6 is 11.3 Å². The van der Waals surface area contributed by atoms with Gasteiger partial charge in [0.25, 0.3) is 5.91 Å². The van der Waals surface area contributed by atoms with E-state index >= 15 is 0 Å². The third-order valence-corrected chi connectivity index (χ3v) is 3.75. The Kier molecular flexibility index (Phi) is 3.23. The highest BCUT2D eigenvalue weighted by molar-refractivity contribution is 7.13. The molecular weight excluding hydrogens is 274 g/mol. The predicted octanol–water partition coefficient (Wildman–Crippen LogP) is 2.86. The maximum Gasteiger partial charge on any atom is 0.284 e. The number of aromatic nitrogens is 2. The van der Waals surface area contributed by atoms with Crippen LogP contribution in [0.3, 0.4) is 0 Å². The summed E-state index contributed by atoms with van der Waals surface area (Å²) in [5.41, 5.74) is 0.829. The molecule has 0 atom stereocenters. The summed E-state index contributed by atoms with van der Waals surface area (Å²) < 4.78 is 5.70. The molecular formula is C14H13N3O2S. The Morgan fingerprint density at radius 2 is 2.15 bits per heavy atom. The van der Waals surface area contributed by atoms with Crippen molar-refractivity contribution in [1.82, 2.24) is 15.1 Å². The number of fused-ring (bicyclic) bond motifs is 1. The number of benzene rings is 1. The van der Waals surface area contributed by atoms with Gasteiger partial charge in [-0.2, -0.15) is 0 Å². The zero-order valence-corrected chi connectivity index (χ0v) is 12.0. The second kappa shape index (κ2) is 5.05. The fourth-order valence-corrected chi connectivity index (χ4v) is 2.65. The minimum atomic E-state index is -0.143. The highest BCUT2D eigenvalue weighted by Gasteiger charge is 2.17. The molecule has 102 valence electrons. The minimum Gasteiger partial charge on any atom is -0.459 e. The lowest BCUT2D eigenvalue weighted by molar-refractivity contribution is 0.0775. The van der Waals surface area contributed by atoms with Gasteiger partial charge in [-0.05, 0) is 19.1 Å². The quantitative estimate of drug-likeness (QED) is 0.743. The summed E-state index contributed by atoms with van der Waals surface area (Å²) in [5.74, 6) is 0.611. The number of furan rings is 1. The van der Waals surface area contributed by atoms with Crippen LogP contribution in [0.15, 0.2) is 34.7 Å². The molecule has 2 heterocycles. The molecule has 0 saturated heterocycles. The van der Waals surface area contributed by atoms with Crippen LogP contribution in [0.5, 0.6) is 0 Å². The van der Waals surface area contributed by atoms with Crippen molar-refractivity contribution in [3.05, 3.63) is 46.1 Å². The van der Waals surface area contributed by atoms with E-state index in [1.54, 1.807) is 11.9 Å². The largest absolute Gasteiger partial charge is 0.459 e. The lowest BCUT2D eigenvalue weighted by atomic mass is 10.2. The van der Waals surface area contributed by atoms with Crippen molar-refractivity contribution >= 4 is 28.2 Å². The van der Waals surface area contributed by atoms with Crippen molar-refractivity contribution in [2.75, 3.05) is 7.05 Å². The maximum atomic E-state index is 12.2. The number of hydrogen-bond donors (Lipinski definition) is 0. The fraction of sp³-hybridized carbons (Fsp3) is 0.214. The van der Waals surface area contributed by atoms with Gasteiger partial charge in [0.15, 0.2) is 0 Å². The molecule has 0 fully saturated rings. The number of hydrogen-bond acceptors (Lipinski definition) is 5. The Balaban J connectivity index is 1.78. The van der Waals surface area contributed by atoms with Crippen molar-refractivity contribution in [2.24, 2.45) is 0 Å². The van der Waals surface area contributed by atoms with Crippen LogP contribution in [0.1, 0.15) is 20.6 Å². The molecule has 5 nitrogen and oxygen atoms in total. The molecule has 0 aliphatic rings. The Morgan fingerprint density at radius 3 is 2.85 bits per heavy atom. The van der Waals surface area contributed by atoms with E-state index in [4.69, 9.17) is 4.42 Å². The van der Waals surface area contributed by atoms with Crippen LogP contribution in [0, 0.1) is 6.92 Å². The van der Waals surface area contributed by atoms with Gasteiger partial charge >= 0.3 is 0 Å². The average Bonchev–Trinajstić information content (AvgIpc) is 3.03. The summed E-state index contributed by atoms with van der Waals surface area (Å²) in [7, 11) is 1.73. The Hall–Kier alpha value is -2.21. The molecule has 0 saturated carbocycles. The lowest BCUT2D eigenvalue weighted by Gasteiger charge is -2.13. The zero-order chi connectivity index (χ0) is 14.1. The predicted molar refractivity (Wildman–Crippen MR) is 76.7 cm³/mol. The van der Waals surface area contributed by atoms with Crippen molar-refractivity contribution < 1.29 is 9.21 Å². The molecule has 0 bridgehead atoms. The number of amides is 1. The highest BCUT2D eigenvalue weighted by atomic mass is 32.1. The summed E-state index contributed by atoms with van der Waals surface area (Å²) in [6, 6.07) is 9.73. The normalized spacial score (nSPS) is 10.9. The number of rotatable bonds is 3. The number of carbonyl (C=O) groups is 1. The summed E-state index contributed by atoms with van der Waals surface area (Å²) >= 11 is 1.30. The topological polar surface area (TPSA) is 59.2 Å². The van der Waals surface area contributed by atoms with Crippen LogP contribution in [0.4, 0.5) is 0 Å². The number of para-hydroxylation sites is 1. The van der Waals surface area contributed by atoms with Gasteiger partial charge in [-0.15, -0.1) is 10.2 Å². The maximum absolute atomic E-state index is 12.2. The first-order chi connectivity index (χ1) is 9.63. The molecule has 3 rings (SSSR count). The van der Waals surface area contributed by atoms with Crippen LogP contribution in [-0.2, 0) is 6.54 Å². The van der Waals surface area contributed by atoms with Gasteiger partial charge in [-0.25, -0.2) is 0 Å². The Labute approximate surface area is 119 Å². The number of aryl methyl sites for hydroxylation is 1. The molecule has 0 aliphatic heterocycles. The van der Waals surface area contributed by atoms with Gasteiger partial charge < -0.3 is 9.32 Å². The van der Waals surface area contributed by atoms with Gasteiger partial charge in [-0.1, -0.05) is 29.5 Å². The number of carbonyl (C=O) groups excluding carboxylic acids is 1. The van der Waals surface area contributed by atoms with E-state index in [2.05, 4.69) is 10.2 Å². The first-order valence-electron chi connectivity index (χ1n) is 6.16. The van der Waals surface area contributed by atoms with E-state index in [9.17, 15) is 4.79 Å². The summed E-state index contributed by atoms with van der Waals surface area (Å²) in [4.78, 5) is 13.8. The monoisotopic (exact) mass is 287 g/mol. The fourth-order valence-electron chi connectivity index (χ4n) is 1.97. The zero-order valence-electron chi connectivity index (χ0n) is 11.2. The van der Waals surface area contributed by atoms with Gasteiger partial charge in [0.05, 0.1) is 6.54 Å². The molecule has 0 aliphatic carbocycles. The second-order valence-electron chi connectivity index (χ2n) is 4.54. The average molecular weight is 287 g/mol. The first-order valence-corrected chi connectivity index (χ1v) is 6.98. The van der Waals surface area contributed by atoms with E-state index in [1.807, 2.05) is 37.3 Å². The minimum absolute atomic E-state index is 0.143. The van der Waals surface area contributed by atoms with E-state index in [1.165, 1.54) is 11.3 Å². The molecule has 1 aromatic carbocycles. The summed E-state index contributed by atoms with van der Waals surface area (Å²) in [5, 5.41) is 9.95. The summed E-state index contributed by atoms with van der Waals surface area (Å²) in [6.07, 6.45) is 0. The van der Waals surface area contributed by atoms with Gasteiger partial charge in [0.1, 0.15) is 16.4 Å². The third-order valence-electron chi connectivity index (χ3n) is 2.93. The second-order valence-corrected chi connectivity index (χ2v) is 5.72. The van der Waals surface area contributed by atoms with Gasteiger partial charge in [0.2, 0.25) is 5.01 Å². The SMILES string of the molecule is Cc1nnc(C(=O)N(C)Cc2cc3ccccc3o2)s1. The van der Waals surface area contributed by atoms with Gasteiger partial charge in [-0.3, -0.25) is 4.79 Å². The van der Waals surface area contributed by atoms with E-state index in [-0.39, 0.29) is 5.91 Å². The molecule has 0 spiro atoms. The molecule has 0 unspecified atom stereocenters. The standard InChI is InChI=1S/C14H13N3O2S/c1-9-15-16-13(20-9)14(18)17(2)8-11-7-10-5-3-4-6-12(10)19-11/h3-7H,8H2,1-2H3. The van der Waals surface area contributed by atoms with E-state index in [0.717, 1.165) is 21.7 Å². The van der Waals surface area contributed by atoms with E-state index in [0.29, 0.717) is 11.6 Å². The Bertz CT molecular complexity index is 729. The van der Waals surface area contributed by atoms with Crippen molar-refractivity contribution in [2.45, 2.75) is 13.5 Å². The smallest absolute Gasteiger partial charge is 0.284 e. The first kappa shape index (κ1) is 12.8. The van der Waals surface area contributed by atoms with Crippen molar-refractivity contribution in [1.29, 1.82) is 0 Å². The van der Waals surface area contributed by atoms with Crippen LogP contribution < -0.4 is 0 Å². The Morgan fingerprint density at radius 1 is 1.35 bits per heavy atom. The highest BCUT2D eigenvalue weighted by Crippen LogP contribution is 2.20. The molecule has 0 radical (unpaired) electrons.